The van der Waals surface area contributed by atoms with Crippen LogP contribution in [0, 0.1) is 0 Å². The van der Waals surface area contributed by atoms with E-state index in [0.717, 1.165) is 5.69 Å². The molecule has 1 unspecified atom stereocenters. The van der Waals surface area contributed by atoms with Crippen molar-refractivity contribution in [2.45, 2.75) is 31.6 Å². The van der Waals surface area contributed by atoms with Crippen LogP contribution in [-0.2, 0) is 38.4 Å². The number of carboxylic acid groups (broad SMARTS) is 1. The van der Waals surface area contributed by atoms with Gasteiger partial charge < -0.3 is 29.2 Å². The number of aliphatic carboxylic acids is 1. The van der Waals surface area contributed by atoms with Crippen molar-refractivity contribution in [3.8, 4) is 0 Å². The van der Waals surface area contributed by atoms with Crippen LogP contribution in [0.3, 0.4) is 0 Å². The van der Waals surface area contributed by atoms with Crippen molar-refractivity contribution in [2.75, 3.05) is 20.3 Å². The number of aromatic nitrogens is 2. The smallest absolute Gasteiger partial charge is 0.410 e. The maximum atomic E-state index is 12.2. The first-order valence-electron chi connectivity index (χ1n) is 9.96. The van der Waals surface area contributed by atoms with Crippen LogP contribution in [0.1, 0.15) is 24.1 Å². The maximum Gasteiger partial charge on any atom is 0.410 e. The molecule has 0 aromatic carbocycles. The van der Waals surface area contributed by atoms with Crippen molar-refractivity contribution in [1.82, 2.24) is 19.8 Å². The number of thioether (sulfide) groups is 1. The standard InChI is InChI=1S/C20H22N4O7S/c1-3-30-20(28)23-5-4-14-15(9-23)31-17-7-11(22-24(14)17)6-16-12(19(27)29-2)8-21-13(10-32-16)18(25)26/h7-8,10,16,21H,3-6,9H2,1-2H3,(H,25,26). The predicted octanol–water partition coefficient (Wildman–Crippen LogP) is 1.67. The van der Waals surface area contributed by atoms with Gasteiger partial charge in [-0.3, -0.25) is 0 Å². The van der Waals surface area contributed by atoms with E-state index in [9.17, 15) is 19.5 Å². The molecular weight excluding hydrogens is 440 g/mol. The van der Waals surface area contributed by atoms with Crippen molar-refractivity contribution >= 4 is 35.5 Å². The van der Waals surface area contributed by atoms with Crippen LogP contribution in [-0.4, -0.2) is 63.2 Å². The summed E-state index contributed by atoms with van der Waals surface area (Å²) in [5.41, 5.74) is 2.38. The Balaban J connectivity index is 1.55. The van der Waals surface area contributed by atoms with Crippen molar-refractivity contribution in [3.63, 3.8) is 0 Å². The Labute approximate surface area is 187 Å². The second-order valence-electron chi connectivity index (χ2n) is 7.13. The van der Waals surface area contributed by atoms with Gasteiger partial charge in [-0.25, -0.2) is 18.9 Å². The number of oxazole rings is 1. The monoisotopic (exact) mass is 462 g/mol. The van der Waals surface area contributed by atoms with Crippen molar-refractivity contribution < 1.29 is 33.4 Å². The first kappa shape index (κ1) is 21.8. The largest absolute Gasteiger partial charge is 0.477 e. The highest BCUT2D eigenvalue weighted by molar-refractivity contribution is 8.03. The lowest BCUT2D eigenvalue weighted by Gasteiger charge is -2.24. The minimum atomic E-state index is -1.12. The minimum absolute atomic E-state index is 0.0299. The molecule has 32 heavy (non-hydrogen) atoms. The lowest BCUT2D eigenvalue weighted by molar-refractivity contribution is -0.136. The van der Waals surface area contributed by atoms with Gasteiger partial charge in [-0.05, 0) is 6.92 Å². The number of ether oxygens (including phenoxy) is 2. The molecule has 11 nitrogen and oxygen atoms in total. The number of rotatable bonds is 5. The Hall–Kier alpha value is -3.41. The zero-order valence-corrected chi connectivity index (χ0v) is 18.3. The number of carbonyl (C=O) groups excluding carboxylic acids is 2. The second-order valence-corrected chi connectivity index (χ2v) is 8.21. The Morgan fingerprint density at radius 1 is 1.41 bits per heavy atom. The summed E-state index contributed by atoms with van der Waals surface area (Å²) in [5.74, 6) is -1.01. The molecule has 2 aliphatic heterocycles. The Kier molecular flexibility index (Phi) is 6.12. The molecule has 4 heterocycles. The molecule has 170 valence electrons. The lowest BCUT2D eigenvalue weighted by atomic mass is 10.1. The third kappa shape index (κ3) is 4.17. The van der Waals surface area contributed by atoms with E-state index in [1.165, 1.54) is 30.5 Å². The fourth-order valence-corrected chi connectivity index (χ4v) is 4.63. The summed E-state index contributed by atoms with van der Waals surface area (Å²) in [6, 6.07) is 1.78. The van der Waals surface area contributed by atoms with Crippen LogP contribution in [0.25, 0.3) is 5.71 Å². The molecule has 1 amide bonds. The van der Waals surface area contributed by atoms with Gasteiger partial charge in [0.05, 0.1) is 37.2 Å². The van der Waals surface area contributed by atoms with Crippen LogP contribution >= 0.6 is 11.8 Å². The SMILES string of the molecule is CCOC(=O)N1CCc2c(oc3cc(CC4SC=C(C(=O)O)NC=C4C(=O)OC)nn23)C1. The molecule has 0 saturated heterocycles. The predicted molar refractivity (Wildman–Crippen MR) is 113 cm³/mol. The zero-order chi connectivity index (χ0) is 22.8. The molecule has 2 aromatic heterocycles. The highest BCUT2D eigenvalue weighted by atomic mass is 32.2. The number of hydrogen-bond donors (Lipinski definition) is 2. The molecule has 1 atom stereocenters. The van der Waals surface area contributed by atoms with E-state index in [1.807, 2.05) is 0 Å². The Bertz CT molecular complexity index is 1130. The van der Waals surface area contributed by atoms with Gasteiger partial charge in [0.1, 0.15) is 11.5 Å². The van der Waals surface area contributed by atoms with Crippen LogP contribution in [0.4, 0.5) is 4.79 Å². The molecule has 0 fully saturated rings. The van der Waals surface area contributed by atoms with Crippen molar-refractivity contribution in [2.24, 2.45) is 0 Å². The van der Waals surface area contributed by atoms with Crippen molar-refractivity contribution in [3.05, 3.63) is 46.1 Å². The molecule has 0 aliphatic carbocycles. The summed E-state index contributed by atoms with van der Waals surface area (Å²) in [7, 11) is 1.27. The van der Waals surface area contributed by atoms with Crippen LogP contribution < -0.4 is 5.32 Å². The van der Waals surface area contributed by atoms with Crippen LogP contribution in [0.15, 0.2) is 33.4 Å². The summed E-state index contributed by atoms with van der Waals surface area (Å²) < 4.78 is 17.6. The molecule has 12 heteroatoms. The number of methoxy groups -OCH3 is 1. The van der Waals surface area contributed by atoms with E-state index >= 15 is 0 Å². The van der Waals surface area contributed by atoms with Gasteiger partial charge in [0.2, 0.25) is 5.71 Å². The Morgan fingerprint density at radius 2 is 2.22 bits per heavy atom. The van der Waals surface area contributed by atoms with Gasteiger partial charge in [0.15, 0.2) is 0 Å². The molecule has 2 aromatic rings. The Morgan fingerprint density at radius 3 is 2.94 bits per heavy atom. The molecule has 2 N–H and O–H groups in total. The normalized spacial score (nSPS) is 18.2. The summed E-state index contributed by atoms with van der Waals surface area (Å²) in [5, 5.41) is 17.6. The van der Waals surface area contributed by atoms with Gasteiger partial charge in [-0.15, -0.1) is 11.8 Å². The third-order valence-electron chi connectivity index (χ3n) is 5.14. The molecule has 2 aliphatic rings. The van der Waals surface area contributed by atoms with Gasteiger partial charge in [-0.2, -0.15) is 5.10 Å². The number of esters is 1. The van der Waals surface area contributed by atoms with E-state index < -0.39 is 17.2 Å². The van der Waals surface area contributed by atoms with Gasteiger partial charge in [-0.1, -0.05) is 0 Å². The summed E-state index contributed by atoms with van der Waals surface area (Å²) in [6.45, 7) is 2.89. The van der Waals surface area contributed by atoms with E-state index in [0.29, 0.717) is 55.3 Å². The first-order chi connectivity index (χ1) is 15.4. The average molecular weight is 462 g/mol. The van der Waals surface area contributed by atoms with E-state index in [-0.39, 0.29) is 11.8 Å². The third-order valence-corrected chi connectivity index (χ3v) is 6.26. The summed E-state index contributed by atoms with van der Waals surface area (Å²) >= 11 is 1.20. The van der Waals surface area contributed by atoms with Gasteiger partial charge in [0, 0.05) is 42.3 Å². The molecule has 4 rings (SSSR count). The highest BCUT2D eigenvalue weighted by Crippen LogP contribution is 2.30. The number of carboxylic acids is 1. The second kappa shape index (κ2) is 8.99. The molecule has 0 saturated carbocycles. The van der Waals surface area contributed by atoms with Crippen LogP contribution in [0.2, 0.25) is 0 Å². The van der Waals surface area contributed by atoms with Gasteiger partial charge in [0.25, 0.3) is 0 Å². The quantitative estimate of drug-likeness (QED) is 0.632. The average Bonchev–Trinajstić information content (AvgIpc) is 3.22. The molecule has 0 radical (unpaired) electrons. The topological polar surface area (TPSA) is 136 Å². The van der Waals surface area contributed by atoms with Crippen LogP contribution in [0.5, 0.6) is 0 Å². The van der Waals surface area contributed by atoms with Gasteiger partial charge >= 0.3 is 18.0 Å². The minimum Gasteiger partial charge on any atom is -0.477 e. The number of fused-ring (bicyclic) bond motifs is 3. The van der Waals surface area contributed by atoms with E-state index in [1.54, 1.807) is 22.4 Å². The van der Waals surface area contributed by atoms with E-state index in [2.05, 4.69) is 10.4 Å². The highest BCUT2D eigenvalue weighted by Gasteiger charge is 2.30. The molecule has 0 spiro atoms. The zero-order valence-electron chi connectivity index (χ0n) is 17.5. The lowest BCUT2D eigenvalue weighted by Crippen LogP contribution is -2.36. The number of hydrogen-bond acceptors (Lipinski definition) is 9. The van der Waals surface area contributed by atoms with E-state index in [4.69, 9.17) is 13.9 Å². The fraction of sp³-hybridized carbons (Fsp3) is 0.400. The van der Waals surface area contributed by atoms with Crippen molar-refractivity contribution in [1.29, 1.82) is 0 Å². The first-order valence-corrected chi connectivity index (χ1v) is 10.9. The number of nitrogens with zero attached hydrogens (tertiary/aromatic N) is 3. The number of amides is 1. The maximum absolute atomic E-state index is 12.2. The summed E-state index contributed by atoms with van der Waals surface area (Å²) in [4.78, 5) is 37.1. The molecular formula is C20H22N4O7S. The number of carbonyl (C=O) groups is 3. The fourth-order valence-electron chi connectivity index (χ4n) is 3.59. The number of nitrogens with one attached hydrogen (secondary N) is 1. The summed E-state index contributed by atoms with van der Waals surface area (Å²) in [6.07, 6.45) is 1.92. The molecule has 0 bridgehead atoms.